The lowest BCUT2D eigenvalue weighted by Gasteiger charge is -2.08. The fraction of sp³-hybridized carbons (Fsp3) is 0.174. The lowest BCUT2D eigenvalue weighted by Crippen LogP contribution is -2.25. The van der Waals surface area contributed by atoms with Crippen LogP contribution in [0.1, 0.15) is 15.9 Å². The molecule has 0 bridgehead atoms. The summed E-state index contributed by atoms with van der Waals surface area (Å²) >= 11 is 1.37. The average molecular weight is 434 g/mol. The first kappa shape index (κ1) is 20.7. The van der Waals surface area contributed by atoms with Gasteiger partial charge in [0.2, 0.25) is 5.91 Å². The molecule has 0 aliphatic carbocycles. The van der Waals surface area contributed by atoms with Crippen molar-refractivity contribution in [2.24, 2.45) is 7.05 Å². The molecular weight excluding hydrogens is 410 g/mol. The first-order chi connectivity index (χ1) is 15.1. The summed E-state index contributed by atoms with van der Waals surface area (Å²) in [5, 5.41) is 7.75. The highest BCUT2D eigenvalue weighted by atomic mass is 32.2. The van der Waals surface area contributed by atoms with Crippen LogP contribution < -0.4 is 10.6 Å². The molecule has 2 aromatic heterocycles. The van der Waals surface area contributed by atoms with Gasteiger partial charge in [-0.2, -0.15) is 0 Å². The standard InChI is InChI=1S/C23H23N5O2S/c1-28-13-12-25-23(28)31-15-21(29)27-18-8-6-16(7-9-18)22(30)24-11-10-17-14-26-20-5-3-2-4-19(17)20/h2-9,12-14,26H,10-11,15H2,1H3,(H,24,30)(H,27,29). The Kier molecular flexibility index (Phi) is 6.37. The number of thioether (sulfide) groups is 1. The van der Waals surface area contributed by atoms with Gasteiger partial charge in [-0.25, -0.2) is 4.98 Å². The minimum absolute atomic E-state index is 0.121. The maximum absolute atomic E-state index is 12.4. The zero-order valence-corrected chi connectivity index (χ0v) is 17.9. The van der Waals surface area contributed by atoms with E-state index in [2.05, 4.69) is 26.7 Å². The summed E-state index contributed by atoms with van der Waals surface area (Å²) in [6.45, 7) is 0.545. The molecule has 0 aliphatic rings. The highest BCUT2D eigenvalue weighted by molar-refractivity contribution is 7.99. The Morgan fingerprint density at radius 1 is 1.13 bits per heavy atom. The normalized spacial score (nSPS) is 10.9. The summed E-state index contributed by atoms with van der Waals surface area (Å²) in [5.41, 5.74) is 3.48. The van der Waals surface area contributed by atoms with Gasteiger partial charge in [0.1, 0.15) is 0 Å². The second-order valence-corrected chi connectivity index (χ2v) is 8.04. The number of fused-ring (bicyclic) bond motifs is 1. The van der Waals surface area contributed by atoms with Crippen molar-refractivity contribution in [1.82, 2.24) is 19.9 Å². The van der Waals surface area contributed by atoms with Crippen molar-refractivity contribution in [2.45, 2.75) is 11.6 Å². The number of nitrogens with zero attached hydrogens (tertiary/aromatic N) is 2. The van der Waals surface area contributed by atoms with E-state index in [1.54, 1.807) is 30.5 Å². The van der Waals surface area contributed by atoms with E-state index in [1.807, 2.05) is 42.2 Å². The monoisotopic (exact) mass is 433 g/mol. The summed E-state index contributed by atoms with van der Waals surface area (Å²) in [6.07, 6.45) is 6.27. The molecule has 0 atom stereocenters. The van der Waals surface area contributed by atoms with Crippen molar-refractivity contribution in [3.63, 3.8) is 0 Å². The van der Waals surface area contributed by atoms with E-state index in [-0.39, 0.29) is 17.6 Å². The molecule has 4 rings (SSSR count). The molecular formula is C23H23N5O2S. The van der Waals surface area contributed by atoms with Gasteiger partial charge in [-0.05, 0) is 42.3 Å². The number of para-hydroxylation sites is 1. The smallest absolute Gasteiger partial charge is 0.251 e. The molecule has 2 heterocycles. The molecule has 0 aliphatic heterocycles. The topological polar surface area (TPSA) is 91.8 Å². The van der Waals surface area contributed by atoms with Crippen molar-refractivity contribution in [1.29, 1.82) is 0 Å². The first-order valence-electron chi connectivity index (χ1n) is 9.93. The number of hydrogen-bond acceptors (Lipinski definition) is 4. The minimum atomic E-state index is -0.136. The largest absolute Gasteiger partial charge is 0.361 e. The van der Waals surface area contributed by atoms with Crippen LogP contribution in [0.25, 0.3) is 10.9 Å². The fourth-order valence-electron chi connectivity index (χ4n) is 3.27. The maximum atomic E-state index is 12.4. The van der Waals surface area contributed by atoms with Gasteiger partial charge in [-0.1, -0.05) is 30.0 Å². The van der Waals surface area contributed by atoms with E-state index in [4.69, 9.17) is 0 Å². The molecule has 8 heteroatoms. The maximum Gasteiger partial charge on any atom is 0.251 e. The van der Waals surface area contributed by atoms with Crippen LogP contribution in [0.4, 0.5) is 5.69 Å². The van der Waals surface area contributed by atoms with Gasteiger partial charge >= 0.3 is 0 Å². The predicted molar refractivity (Wildman–Crippen MR) is 123 cm³/mol. The number of rotatable bonds is 8. The zero-order valence-electron chi connectivity index (χ0n) is 17.1. The lowest BCUT2D eigenvalue weighted by molar-refractivity contribution is -0.113. The number of carbonyl (C=O) groups is 2. The second kappa shape index (κ2) is 9.53. The number of nitrogens with one attached hydrogen (secondary N) is 3. The third kappa shape index (κ3) is 5.16. The Bertz CT molecular complexity index is 1200. The summed E-state index contributed by atoms with van der Waals surface area (Å²) in [7, 11) is 1.89. The summed E-state index contributed by atoms with van der Waals surface area (Å²) in [6, 6.07) is 15.0. The number of hydrogen-bond donors (Lipinski definition) is 3. The number of anilines is 1. The summed E-state index contributed by atoms with van der Waals surface area (Å²) in [4.78, 5) is 32.0. The number of benzene rings is 2. The van der Waals surface area contributed by atoms with Gasteiger partial charge in [-0.3, -0.25) is 9.59 Å². The summed E-state index contributed by atoms with van der Waals surface area (Å²) < 4.78 is 1.86. The van der Waals surface area contributed by atoms with Crippen LogP contribution in [0.5, 0.6) is 0 Å². The number of aromatic amines is 1. The van der Waals surface area contributed by atoms with Crippen LogP contribution in [-0.2, 0) is 18.3 Å². The van der Waals surface area contributed by atoms with Crippen LogP contribution in [0.3, 0.4) is 0 Å². The van der Waals surface area contributed by atoms with E-state index in [1.165, 1.54) is 22.7 Å². The van der Waals surface area contributed by atoms with E-state index in [0.717, 1.165) is 17.1 Å². The molecule has 4 aromatic rings. The molecule has 31 heavy (non-hydrogen) atoms. The van der Waals surface area contributed by atoms with Crippen LogP contribution in [-0.4, -0.2) is 38.6 Å². The fourth-order valence-corrected chi connectivity index (χ4v) is 4.01. The minimum Gasteiger partial charge on any atom is -0.361 e. The van der Waals surface area contributed by atoms with Crippen LogP contribution >= 0.6 is 11.8 Å². The number of imidazole rings is 1. The van der Waals surface area contributed by atoms with E-state index >= 15 is 0 Å². The molecule has 0 radical (unpaired) electrons. The Morgan fingerprint density at radius 2 is 1.94 bits per heavy atom. The van der Waals surface area contributed by atoms with Gasteiger partial charge in [0, 0.05) is 54.3 Å². The molecule has 158 valence electrons. The lowest BCUT2D eigenvalue weighted by atomic mass is 10.1. The molecule has 0 unspecified atom stereocenters. The SMILES string of the molecule is Cn1ccnc1SCC(=O)Nc1ccc(C(=O)NCCc2c[nH]c3ccccc23)cc1. The Balaban J connectivity index is 1.25. The molecule has 0 saturated heterocycles. The van der Waals surface area contributed by atoms with Crippen LogP contribution in [0.15, 0.2) is 72.3 Å². The van der Waals surface area contributed by atoms with Crippen LogP contribution in [0.2, 0.25) is 0 Å². The van der Waals surface area contributed by atoms with E-state index < -0.39 is 0 Å². The quantitative estimate of drug-likeness (QED) is 0.370. The average Bonchev–Trinajstić information content (AvgIpc) is 3.39. The second-order valence-electron chi connectivity index (χ2n) is 7.10. The number of aromatic nitrogens is 3. The molecule has 0 spiro atoms. The van der Waals surface area contributed by atoms with Crippen molar-refractivity contribution >= 4 is 40.2 Å². The number of amides is 2. The first-order valence-corrected chi connectivity index (χ1v) is 10.9. The molecule has 7 nitrogen and oxygen atoms in total. The van der Waals surface area contributed by atoms with Crippen LogP contribution in [0, 0.1) is 0 Å². The predicted octanol–water partition coefficient (Wildman–Crippen LogP) is 3.60. The number of aryl methyl sites for hydroxylation is 1. The van der Waals surface area contributed by atoms with Gasteiger partial charge < -0.3 is 20.2 Å². The number of H-pyrrole nitrogens is 1. The van der Waals surface area contributed by atoms with Gasteiger partial charge in [0.25, 0.3) is 5.91 Å². The van der Waals surface area contributed by atoms with Crippen molar-refractivity contribution < 1.29 is 9.59 Å². The highest BCUT2D eigenvalue weighted by Gasteiger charge is 2.09. The van der Waals surface area contributed by atoms with Gasteiger partial charge in [-0.15, -0.1) is 0 Å². The Morgan fingerprint density at radius 3 is 2.71 bits per heavy atom. The Labute approximate surface area is 184 Å². The van der Waals surface area contributed by atoms with Gasteiger partial charge in [0.05, 0.1) is 5.75 Å². The summed E-state index contributed by atoms with van der Waals surface area (Å²) in [5.74, 6) is 0.00739. The molecule has 0 fully saturated rings. The molecule has 3 N–H and O–H groups in total. The molecule has 0 saturated carbocycles. The van der Waals surface area contributed by atoms with Crippen molar-refractivity contribution in [3.8, 4) is 0 Å². The highest BCUT2D eigenvalue weighted by Crippen LogP contribution is 2.18. The van der Waals surface area contributed by atoms with Crippen molar-refractivity contribution in [2.75, 3.05) is 17.6 Å². The van der Waals surface area contributed by atoms with Gasteiger partial charge in [0.15, 0.2) is 5.16 Å². The van der Waals surface area contributed by atoms with Crippen molar-refractivity contribution in [3.05, 3.63) is 78.2 Å². The van der Waals surface area contributed by atoms with E-state index in [9.17, 15) is 9.59 Å². The number of carbonyl (C=O) groups excluding carboxylic acids is 2. The zero-order chi connectivity index (χ0) is 21.6. The third-order valence-electron chi connectivity index (χ3n) is 4.89. The molecule has 2 aromatic carbocycles. The third-order valence-corrected chi connectivity index (χ3v) is 5.95. The molecule has 2 amide bonds. The van der Waals surface area contributed by atoms with E-state index in [0.29, 0.717) is 17.8 Å². The Hall–Kier alpha value is -3.52.